The number of esters is 1. The minimum atomic E-state index is -0.514. The van der Waals surface area contributed by atoms with Crippen molar-refractivity contribution in [1.82, 2.24) is 14.8 Å². The van der Waals surface area contributed by atoms with Crippen LogP contribution in [0.5, 0.6) is 0 Å². The number of aryl methyl sites for hydroxylation is 1. The molecule has 0 atom stereocenters. The molecule has 1 heterocycles. The van der Waals surface area contributed by atoms with E-state index in [0.29, 0.717) is 12.4 Å². The van der Waals surface area contributed by atoms with Crippen LogP contribution in [0.2, 0.25) is 5.02 Å². The Labute approximate surface area is 164 Å². The number of rotatable bonds is 5. The summed E-state index contributed by atoms with van der Waals surface area (Å²) in [6.07, 6.45) is 0. The van der Waals surface area contributed by atoms with Gasteiger partial charge in [-0.15, -0.1) is 5.10 Å². The van der Waals surface area contributed by atoms with Gasteiger partial charge in [0.1, 0.15) is 5.82 Å². The highest BCUT2D eigenvalue weighted by atomic mass is 35.5. The number of nitrogens with zero attached hydrogens (tertiary/aromatic N) is 3. The molecule has 5 nitrogen and oxygen atoms in total. The molecule has 0 fully saturated rings. The third kappa shape index (κ3) is 3.88. The molecular weight excluding hydrogens is 362 g/mol. The van der Waals surface area contributed by atoms with Crippen LogP contribution in [-0.4, -0.2) is 27.3 Å². The van der Waals surface area contributed by atoms with Gasteiger partial charge in [0.25, 0.3) is 5.82 Å². The minimum Gasteiger partial charge on any atom is -0.460 e. The van der Waals surface area contributed by atoms with Crippen LogP contribution in [0.4, 0.5) is 0 Å². The van der Waals surface area contributed by atoms with Crippen LogP contribution in [-0.2, 0) is 10.2 Å². The predicted octanol–water partition coefficient (Wildman–Crippen LogP) is 4.73. The standard InChI is InChI=1S/C21H22ClN3O2/c1-5-27-20(26)19-23-14(2)25(24-19)18-12-8-16(9-13-18)21(3,4)15-6-10-17(22)11-7-15/h6-13H,5H2,1-4H3. The van der Waals surface area contributed by atoms with Crippen LogP contribution in [0.3, 0.4) is 0 Å². The van der Waals surface area contributed by atoms with Crippen molar-refractivity contribution in [2.45, 2.75) is 33.1 Å². The third-order valence-electron chi connectivity index (χ3n) is 4.63. The zero-order valence-electron chi connectivity index (χ0n) is 15.9. The quantitative estimate of drug-likeness (QED) is 0.597. The molecule has 3 aromatic rings. The van der Waals surface area contributed by atoms with Gasteiger partial charge in [-0.1, -0.05) is 49.7 Å². The van der Waals surface area contributed by atoms with Crippen LogP contribution in [0.1, 0.15) is 48.3 Å². The molecule has 0 amide bonds. The first-order valence-electron chi connectivity index (χ1n) is 8.80. The zero-order chi connectivity index (χ0) is 19.6. The lowest BCUT2D eigenvalue weighted by molar-refractivity contribution is 0.0512. The maximum Gasteiger partial charge on any atom is 0.378 e. The van der Waals surface area contributed by atoms with Crippen molar-refractivity contribution in [2.75, 3.05) is 6.61 Å². The van der Waals surface area contributed by atoms with Gasteiger partial charge in [-0.2, -0.15) is 0 Å². The van der Waals surface area contributed by atoms with E-state index in [1.54, 1.807) is 18.5 Å². The number of aromatic nitrogens is 3. The Bertz CT molecular complexity index is 945. The number of benzene rings is 2. The van der Waals surface area contributed by atoms with Crippen molar-refractivity contribution in [1.29, 1.82) is 0 Å². The normalized spacial score (nSPS) is 11.4. The second-order valence-corrected chi connectivity index (χ2v) is 7.23. The Hall–Kier alpha value is -2.66. The fraction of sp³-hybridized carbons (Fsp3) is 0.286. The second-order valence-electron chi connectivity index (χ2n) is 6.79. The van der Waals surface area contributed by atoms with Gasteiger partial charge in [0, 0.05) is 10.4 Å². The summed E-state index contributed by atoms with van der Waals surface area (Å²) >= 11 is 6.01. The number of carbonyl (C=O) groups is 1. The van der Waals surface area contributed by atoms with Gasteiger partial charge in [0.15, 0.2) is 0 Å². The highest BCUT2D eigenvalue weighted by molar-refractivity contribution is 6.30. The molecule has 0 aliphatic heterocycles. The SMILES string of the molecule is CCOC(=O)c1nc(C)n(-c2ccc(C(C)(C)c3ccc(Cl)cc3)cc2)n1. The van der Waals surface area contributed by atoms with E-state index in [2.05, 4.69) is 36.1 Å². The molecule has 0 radical (unpaired) electrons. The molecule has 0 aliphatic rings. The molecule has 3 rings (SSSR count). The van der Waals surface area contributed by atoms with E-state index >= 15 is 0 Å². The molecule has 1 aromatic heterocycles. The van der Waals surface area contributed by atoms with E-state index in [0.717, 1.165) is 16.3 Å². The maximum atomic E-state index is 11.8. The maximum absolute atomic E-state index is 11.8. The number of hydrogen-bond donors (Lipinski definition) is 0. The van der Waals surface area contributed by atoms with Crippen LogP contribution in [0.25, 0.3) is 5.69 Å². The van der Waals surface area contributed by atoms with Crippen molar-refractivity contribution in [3.8, 4) is 5.69 Å². The van der Waals surface area contributed by atoms with Gasteiger partial charge in [-0.05, 0) is 49.2 Å². The molecule has 0 spiro atoms. The third-order valence-corrected chi connectivity index (χ3v) is 4.88. The summed E-state index contributed by atoms with van der Waals surface area (Å²) in [4.78, 5) is 16.0. The monoisotopic (exact) mass is 383 g/mol. The van der Waals surface area contributed by atoms with Crippen LogP contribution < -0.4 is 0 Å². The van der Waals surface area contributed by atoms with E-state index in [1.807, 2.05) is 36.4 Å². The van der Waals surface area contributed by atoms with Crippen molar-refractivity contribution >= 4 is 17.6 Å². The summed E-state index contributed by atoms with van der Waals surface area (Å²) in [5, 5.41) is 5.00. The summed E-state index contributed by atoms with van der Waals surface area (Å²) < 4.78 is 6.61. The molecule has 0 saturated carbocycles. The summed E-state index contributed by atoms with van der Waals surface area (Å²) in [6.45, 7) is 8.20. The zero-order valence-corrected chi connectivity index (χ0v) is 16.6. The Morgan fingerprint density at radius 1 is 1.07 bits per heavy atom. The average Bonchev–Trinajstić information content (AvgIpc) is 3.04. The van der Waals surface area contributed by atoms with Crippen molar-refractivity contribution < 1.29 is 9.53 Å². The van der Waals surface area contributed by atoms with Gasteiger partial charge in [-0.3, -0.25) is 0 Å². The van der Waals surface area contributed by atoms with Crippen molar-refractivity contribution in [2.24, 2.45) is 0 Å². The van der Waals surface area contributed by atoms with Gasteiger partial charge in [0.05, 0.1) is 12.3 Å². The van der Waals surface area contributed by atoms with Crippen molar-refractivity contribution in [3.05, 3.63) is 76.3 Å². The number of ether oxygens (including phenoxy) is 1. The highest BCUT2D eigenvalue weighted by Crippen LogP contribution is 2.32. The molecule has 140 valence electrons. The first-order valence-corrected chi connectivity index (χ1v) is 9.18. The summed E-state index contributed by atoms with van der Waals surface area (Å²) in [6, 6.07) is 16.0. The lowest BCUT2D eigenvalue weighted by atomic mass is 9.78. The van der Waals surface area contributed by atoms with Gasteiger partial charge in [-0.25, -0.2) is 14.5 Å². The lowest BCUT2D eigenvalue weighted by Gasteiger charge is -2.26. The van der Waals surface area contributed by atoms with Gasteiger partial charge in [0.2, 0.25) is 0 Å². The number of hydrogen-bond acceptors (Lipinski definition) is 4. The van der Waals surface area contributed by atoms with Gasteiger partial charge >= 0.3 is 5.97 Å². The van der Waals surface area contributed by atoms with E-state index in [9.17, 15) is 4.79 Å². The topological polar surface area (TPSA) is 57.0 Å². The smallest absolute Gasteiger partial charge is 0.378 e. The Kier molecular flexibility index (Phi) is 5.33. The molecule has 0 aliphatic carbocycles. The number of halogens is 1. The first kappa shape index (κ1) is 19.1. The van der Waals surface area contributed by atoms with Crippen LogP contribution in [0.15, 0.2) is 48.5 Å². The van der Waals surface area contributed by atoms with Gasteiger partial charge < -0.3 is 4.74 Å². The van der Waals surface area contributed by atoms with Crippen LogP contribution >= 0.6 is 11.6 Å². The summed E-state index contributed by atoms with van der Waals surface area (Å²) in [5.41, 5.74) is 3.01. The van der Waals surface area contributed by atoms with E-state index in [-0.39, 0.29) is 11.2 Å². The van der Waals surface area contributed by atoms with Crippen molar-refractivity contribution in [3.63, 3.8) is 0 Å². The highest BCUT2D eigenvalue weighted by Gasteiger charge is 2.23. The molecule has 0 saturated heterocycles. The molecule has 27 heavy (non-hydrogen) atoms. The minimum absolute atomic E-state index is 0.0694. The summed E-state index contributed by atoms with van der Waals surface area (Å²) in [5.74, 6) is 0.183. The van der Waals surface area contributed by atoms with Crippen LogP contribution in [0, 0.1) is 6.92 Å². The lowest BCUT2D eigenvalue weighted by Crippen LogP contribution is -2.18. The second kappa shape index (κ2) is 7.53. The molecule has 0 N–H and O–H groups in total. The first-order chi connectivity index (χ1) is 12.8. The molecule has 2 aromatic carbocycles. The Morgan fingerprint density at radius 3 is 2.19 bits per heavy atom. The number of carbonyl (C=O) groups excluding carboxylic acids is 1. The average molecular weight is 384 g/mol. The molecule has 0 bridgehead atoms. The largest absolute Gasteiger partial charge is 0.460 e. The summed E-state index contributed by atoms with van der Waals surface area (Å²) in [7, 11) is 0. The Balaban J connectivity index is 1.89. The molecule has 6 heteroatoms. The fourth-order valence-corrected chi connectivity index (χ4v) is 3.10. The van der Waals surface area contributed by atoms with E-state index in [1.165, 1.54) is 5.56 Å². The van der Waals surface area contributed by atoms with E-state index < -0.39 is 5.97 Å². The van der Waals surface area contributed by atoms with E-state index in [4.69, 9.17) is 16.3 Å². The Morgan fingerprint density at radius 2 is 1.63 bits per heavy atom. The predicted molar refractivity (Wildman–Crippen MR) is 106 cm³/mol. The fourth-order valence-electron chi connectivity index (χ4n) is 2.97. The molecule has 0 unspecified atom stereocenters. The molecular formula is C21H22ClN3O2.